The fourth-order valence-electron chi connectivity index (χ4n) is 2.11. The van der Waals surface area contributed by atoms with Crippen molar-refractivity contribution in [1.29, 1.82) is 0 Å². The molecule has 0 aliphatic heterocycles. The Morgan fingerprint density at radius 3 is 2.67 bits per heavy atom. The fraction of sp³-hybridized carbons (Fsp3) is 0.467. The van der Waals surface area contributed by atoms with Crippen molar-refractivity contribution in [3.8, 4) is 0 Å². The summed E-state index contributed by atoms with van der Waals surface area (Å²) in [5.41, 5.74) is 0.761. The number of carbonyl (C=O) groups is 2. The van der Waals surface area contributed by atoms with Crippen LogP contribution in [-0.2, 0) is 14.3 Å². The van der Waals surface area contributed by atoms with Gasteiger partial charge in [0.2, 0.25) is 0 Å². The minimum absolute atomic E-state index is 0.0408. The van der Waals surface area contributed by atoms with E-state index in [1.807, 2.05) is 6.92 Å². The molecular formula is C15H17Cl2NO3. The lowest BCUT2D eigenvalue weighted by Gasteiger charge is -2.16. The van der Waals surface area contributed by atoms with Gasteiger partial charge in [-0.3, -0.25) is 9.59 Å². The molecule has 21 heavy (non-hydrogen) atoms. The lowest BCUT2D eigenvalue weighted by molar-refractivity contribution is -0.150. The lowest BCUT2D eigenvalue weighted by Crippen LogP contribution is -2.31. The van der Waals surface area contributed by atoms with Crippen LogP contribution >= 0.6 is 23.2 Å². The second kappa shape index (κ2) is 6.67. The minimum atomic E-state index is -0.352. The number of ether oxygens (including phenoxy) is 1. The minimum Gasteiger partial charge on any atom is -0.455 e. The third-order valence-electron chi connectivity index (χ3n) is 3.56. The molecule has 0 saturated heterocycles. The molecule has 0 aromatic heterocycles. The molecular weight excluding hydrogens is 313 g/mol. The van der Waals surface area contributed by atoms with Crippen molar-refractivity contribution in [3.05, 3.63) is 33.8 Å². The van der Waals surface area contributed by atoms with Crippen LogP contribution in [0.25, 0.3) is 0 Å². The molecule has 1 aromatic rings. The van der Waals surface area contributed by atoms with Gasteiger partial charge in [-0.1, -0.05) is 36.2 Å². The van der Waals surface area contributed by atoms with E-state index in [0.717, 1.165) is 12.0 Å². The largest absolute Gasteiger partial charge is 0.455 e. The third kappa shape index (κ3) is 4.35. The van der Waals surface area contributed by atoms with Crippen molar-refractivity contribution in [1.82, 2.24) is 5.32 Å². The van der Waals surface area contributed by atoms with Gasteiger partial charge in [0.15, 0.2) is 6.61 Å². The molecule has 1 fully saturated rings. The zero-order valence-corrected chi connectivity index (χ0v) is 13.4. The zero-order chi connectivity index (χ0) is 15.6. The summed E-state index contributed by atoms with van der Waals surface area (Å²) >= 11 is 11.9. The van der Waals surface area contributed by atoms with Crippen molar-refractivity contribution >= 4 is 35.1 Å². The van der Waals surface area contributed by atoms with Gasteiger partial charge in [-0.25, -0.2) is 0 Å². The Hall–Kier alpha value is -1.26. The Balaban J connectivity index is 1.82. The first-order valence-corrected chi connectivity index (χ1v) is 7.55. The zero-order valence-electron chi connectivity index (χ0n) is 11.9. The van der Waals surface area contributed by atoms with Crippen LogP contribution < -0.4 is 5.32 Å². The average molecular weight is 330 g/mol. The molecule has 0 spiro atoms. The molecule has 0 heterocycles. The first kappa shape index (κ1) is 16.1. The Bertz CT molecular complexity index is 562. The van der Waals surface area contributed by atoms with Crippen molar-refractivity contribution in [3.63, 3.8) is 0 Å². The van der Waals surface area contributed by atoms with Gasteiger partial charge in [0.05, 0.1) is 12.0 Å². The molecule has 6 heteroatoms. The summed E-state index contributed by atoms with van der Waals surface area (Å²) in [6.07, 6.45) is 0.844. The highest BCUT2D eigenvalue weighted by Crippen LogP contribution is 2.38. The highest BCUT2D eigenvalue weighted by Gasteiger charge is 2.40. The summed E-state index contributed by atoms with van der Waals surface area (Å²) in [4.78, 5) is 23.3. The van der Waals surface area contributed by atoms with Crippen LogP contribution in [0.4, 0.5) is 0 Å². The van der Waals surface area contributed by atoms with Crippen molar-refractivity contribution in [2.24, 2.45) is 11.8 Å². The van der Waals surface area contributed by atoms with Crippen LogP contribution in [0.5, 0.6) is 0 Å². The van der Waals surface area contributed by atoms with Crippen LogP contribution in [0.2, 0.25) is 10.0 Å². The molecule has 0 bridgehead atoms. The molecule has 3 atom stereocenters. The molecule has 1 amide bonds. The average Bonchev–Trinajstić information content (AvgIpc) is 3.13. The summed E-state index contributed by atoms with van der Waals surface area (Å²) in [5, 5.41) is 3.76. The lowest BCUT2D eigenvalue weighted by atomic mass is 10.1. The molecule has 0 radical (unpaired) electrons. The molecule has 1 aliphatic carbocycles. The molecule has 2 rings (SSSR count). The number of carbonyl (C=O) groups excluding carboxylic acids is 2. The first-order valence-electron chi connectivity index (χ1n) is 6.79. The number of hydrogen-bond donors (Lipinski definition) is 1. The van der Waals surface area contributed by atoms with Gasteiger partial charge in [0.25, 0.3) is 5.91 Å². The van der Waals surface area contributed by atoms with Gasteiger partial charge in [-0.05, 0) is 37.0 Å². The van der Waals surface area contributed by atoms with E-state index in [0.29, 0.717) is 16.0 Å². The highest BCUT2D eigenvalue weighted by atomic mass is 35.5. The van der Waals surface area contributed by atoms with Crippen LogP contribution in [0.3, 0.4) is 0 Å². The highest BCUT2D eigenvalue weighted by molar-refractivity contribution is 6.35. The predicted molar refractivity (Wildman–Crippen MR) is 81.2 cm³/mol. The number of esters is 1. The van der Waals surface area contributed by atoms with Crippen molar-refractivity contribution in [2.45, 2.75) is 26.3 Å². The Kier molecular flexibility index (Phi) is 5.12. The van der Waals surface area contributed by atoms with Crippen LogP contribution in [0.15, 0.2) is 18.2 Å². The maximum atomic E-state index is 11.8. The quantitative estimate of drug-likeness (QED) is 0.842. The number of rotatable bonds is 5. The molecule has 1 aromatic carbocycles. The summed E-state index contributed by atoms with van der Waals surface area (Å²) in [6.45, 7) is 3.52. The van der Waals surface area contributed by atoms with Crippen LogP contribution in [0.1, 0.15) is 31.9 Å². The van der Waals surface area contributed by atoms with Crippen LogP contribution in [0, 0.1) is 11.8 Å². The van der Waals surface area contributed by atoms with Gasteiger partial charge >= 0.3 is 5.97 Å². The summed E-state index contributed by atoms with van der Waals surface area (Å²) in [7, 11) is 0. The maximum absolute atomic E-state index is 11.8. The first-order chi connectivity index (χ1) is 9.88. The molecule has 1 N–H and O–H groups in total. The molecule has 1 saturated carbocycles. The smallest absolute Gasteiger partial charge is 0.309 e. The fourth-order valence-corrected chi connectivity index (χ4v) is 2.68. The van der Waals surface area contributed by atoms with E-state index in [2.05, 4.69) is 5.32 Å². The van der Waals surface area contributed by atoms with E-state index in [4.69, 9.17) is 27.9 Å². The SMILES string of the molecule is C[C@H](NC(=O)COC(=O)[C@H]1C[C@H]1C)c1ccc(Cl)cc1Cl. The van der Waals surface area contributed by atoms with Crippen LogP contribution in [-0.4, -0.2) is 18.5 Å². The van der Waals surface area contributed by atoms with Gasteiger partial charge in [-0.2, -0.15) is 0 Å². The number of hydrogen-bond acceptors (Lipinski definition) is 3. The maximum Gasteiger partial charge on any atom is 0.309 e. The summed E-state index contributed by atoms with van der Waals surface area (Å²) in [6, 6.07) is 4.80. The molecule has 1 aliphatic rings. The normalized spacial score (nSPS) is 21.5. The van der Waals surface area contributed by atoms with Crippen molar-refractivity contribution < 1.29 is 14.3 Å². The Labute approximate surface area is 133 Å². The molecule has 0 unspecified atom stereocenters. The van der Waals surface area contributed by atoms with E-state index in [9.17, 15) is 9.59 Å². The van der Waals surface area contributed by atoms with E-state index < -0.39 is 0 Å². The summed E-state index contributed by atoms with van der Waals surface area (Å²) < 4.78 is 4.98. The van der Waals surface area contributed by atoms with Gasteiger partial charge in [0.1, 0.15) is 0 Å². The monoisotopic (exact) mass is 329 g/mol. The van der Waals surface area contributed by atoms with Gasteiger partial charge in [0, 0.05) is 10.0 Å². The van der Waals surface area contributed by atoms with E-state index >= 15 is 0 Å². The number of halogens is 2. The number of nitrogens with one attached hydrogen (secondary N) is 1. The van der Waals surface area contributed by atoms with Crippen molar-refractivity contribution in [2.75, 3.05) is 6.61 Å². The standard InChI is InChI=1S/C15H17Cl2NO3/c1-8-5-12(8)15(20)21-7-14(19)18-9(2)11-4-3-10(16)6-13(11)17/h3-4,6,8-9,12H,5,7H2,1-2H3,(H,18,19)/t8-,9+,12+/m1/s1. The molecule has 114 valence electrons. The summed E-state index contributed by atoms with van der Waals surface area (Å²) in [5.74, 6) is -0.321. The van der Waals surface area contributed by atoms with E-state index in [-0.39, 0.29) is 30.4 Å². The Morgan fingerprint density at radius 1 is 1.43 bits per heavy atom. The number of amides is 1. The van der Waals surface area contributed by atoms with Gasteiger partial charge in [-0.15, -0.1) is 0 Å². The molecule has 4 nitrogen and oxygen atoms in total. The Morgan fingerprint density at radius 2 is 2.10 bits per heavy atom. The third-order valence-corrected chi connectivity index (χ3v) is 4.13. The van der Waals surface area contributed by atoms with E-state index in [1.54, 1.807) is 25.1 Å². The second-order valence-electron chi connectivity index (χ2n) is 5.38. The van der Waals surface area contributed by atoms with E-state index in [1.165, 1.54) is 0 Å². The topological polar surface area (TPSA) is 55.4 Å². The second-order valence-corrected chi connectivity index (χ2v) is 6.23. The van der Waals surface area contributed by atoms with Gasteiger partial charge < -0.3 is 10.1 Å². The number of benzene rings is 1. The predicted octanol–water partition coefficient (Wildman–Crippen LogP) is 3.37.